The molecule has 0 heterocycles. The van der Waals surface area contributed by atoms with Crippen LogP contribution in [0.4, 0.5) is 0 Å². The third-order valence-electron chi connectivity index (χ3n) is 2.92. The van der Waals surface area contributed by atoms with Crippen molar-refractivity contribution in [3.05, 3.63) is 34.3 Å². The Bertz CT molecular complexity index is 337. The summed E-state index contributed by atoms with van der Waals surface area (Å²) >= 11 is 3.46. The molecule has 0 bridgehead atoms. The molecule has 0 spiro atoms. The van der Waals surface area contributed by atoms with E-state index in [1.165, 1.54) is 5.56 Å². The third-order valence-corrected chi connectivity index (χ3v) is 3.45. The van der Waals surface area contributed by atoms with Crippen LogP contribution < -0.4 is 5.32 Å². The van der Waals surface area contributed by atoms with E-state index in [1.54, 1.807) is 0 Å². The van der Waals surface area contributed by atoms with Gasteiger partial charge in [-0.25, -0.2) is 0 Å². The lowest BCUT2D eigenvalue weighted by Gasteiger charge is -2.24. The van der Waals surface area contributed by atoms with E-state index in [-0.39, 0.29) is 12.2 Å². The fourth-order valence-electron chi connectivity index (χ4n) is 1.64. The van der Waals surface area contributed by atoms with Gasteiger partial charge in [-0.2, -0.15) is 0 Å². The highest BCUT2D eigenvalue weighted by Gasteiger charge is 2.15. The second-order valence-electron chi connectivity index (χ2n) is 4.96. The standard InChI is InChI=1S/C15H24BrNO/c1-5-12(4)18-15(10-17-11(2)3)13-6-8-14(16)9-7-13/h6-9,11-12,15,17H,5,10H2,1-4H3. The molecule has 1 rings (SSSR count). The van der Waals surface area contributed by atoms with E-state index < -0.39 is 0 Å². The zero-order chi connectivity index (χ0) is 13.5. The average Bonchev–Trinajstić information content (AvgIpc) is 2.35. The Morgan fingerprint density at radius 2 is 1.78 bits per heavy atom. The minimum absolute atomic E-state index is 0.121. The van der Waals surface area contributed by atoms with Crippen molar-refractivity contribution in [2.24, 2.45) is 0 Å². The van der Waals surface area contributed by atoms with Gasteiger partial charge in [-0.15, -0.1) is 0 Å². The summed E-state index contributed by atoms with van der Waals surface area (Å²) < 4.78 is 7.20. The lowest BCUT2D eigenvalue weighted by atomic mass is 10.1. The fourth-order valence-corrected chi connectivity index (χ4v) is 1.91. The van der Waals surface area contributed by atoms with Gasteiger partial charge in [-0.05, 0) is 31.0 Å². The molecule has 18 heavy (non-hydrogen) atoms. The first-order valence-electron chi connectivity index (χ1n) is 6.67. The summed E-state index contributed by atoms with van der Waals surface area (Å²) in [6, 6.07) is 8.86. The number of hydrogen-bond donors (Lipinski definition) is 1. The van der Waals surface area contributed by atoms with Crippen LogP contribution in [-0.2, 0) is 4.74 Å². The van der Waals surface area contributed by atoms with Crippen LogP contribution in [0, 0.1) is 0 Å². The summed E-state index contributed by atoms with van der Waals surface area (Å²) in [7, 11) is 0. The maximum atomic E-state index is 6.10. The number of ether oxygens (including phenoxy) is 1. The molecule has 3 heteroatoms. The van der Waals surface area contributed by atoms with Crippen LogP contribution in [-0.4, -0.2) is 18.7 Å². The Labute approximate surface area is 119 Å². The highest BCUT2D eigenvalue weighted by Crippen LogP contribution is 2.22. The van der Waals surface area contributed by atoms with Crippen molar-refractivity contribution in [2.75, 3.05) is 6.54 Å². The quantitative estimate of drug-likeness (QED) is 0.810. The van der Waals surface area contributed by atoms with Crippen LogP contribution in [0.1, 0.15) is 45.8 Å². The van der Waals surface area contributed by atoms with Crippen molar-refractivity contribution < 1.29 is 4.74 Å². The zero-order valence-corrected chi connectivity index (χ0v) is 13.3. The van der Waals surface area contributed by atoms with Gasteiger partial charge in [0, 0.05) is 17.1 Å². The molecular weight excluding hydrogens is 290 g/mol. The molecule has 1 aromatic carbocycles. The molecule has 1 aromatic rings. The summed E-state index contributed by atoms with van der Waals surface area (Å²) in [5, 5.41) is 3.45. The molecule has 0 saturated carbocycles. The van der Waals surface area contributed by atoms with Gasteiger partial charge in [-0.3, -0.25) is 0 Å². The van der Waals surface area contributed by atoms with Crippen LogP contribution in [0.5, 0.6) is 0 Å². The van der Waals surface area contributed by atoms with E-state index in [0.29, 0.717) is 6.04 Å². The predicted molar refractivity (Wildman–Crippen MR) is 80.9 cm³/mol. The molecular formula is C15H24BrNO. The maximum Gasteiger partial charge on any atom is 0.0952 e. The predicted octanol–water partition coefficient (Wildman–Crippen LogP) is 4.30. The van der Waals surface area contributed by atoms with Crippen LogP contribution in [0.25, 0.3) is 0 Å². The van der Waals surface area contributed by atoms with E-state index in [4.69, 9.17) is 4.74 Å². The lowest BCUT2D eigenvalue weighted by Crippen LogP contribution is -2.30. The van der Waals surface area contributed by atoms with Gasteiger partial charge in [0.05, 0.1) is 12.2 Å². The number of benzene rings is 1. The highest BCUT2D eigenvalue weighted by molar-refractivity contribution is 9.10. The van der Waals surface area contributed by atoms with Gasteiger partial charge in [0.2, 0.25) is 0 Å². The summed E-state index contributed by atoms with van der Waals surface area (Å²) in [5.74, 6) is 0. The normalized spacial score (nSPS) is 14.8. The molecule has 2 nitrogen and oxygen atoms in total. The molecule has 0 amide bonds. The number of halogens is 1. The van der Waals surface area contributed by atoms with E-state index in [2.05, 4.69) is 73.2 Å². The zero-order valence-electron chi connectivity index (χ0n) is 11.7. The molecule has 0 aromatic heterocycles. The molecule has 0 aliphatic carbocycles. The monoisotopic (exact) mass is 313 g/mol. The Morgan fingerprint density at radius 3 is 2.28 bits per heavy atom. The maximum absolute atomic E-state index is 6.10. The van der Waals surface area contributed by atoms with Crippen molar-refractivity contribution in [1.29, 1.82) is 0 Å². The Morgan fingerprint density at radius 1 is 1.17 bits per heavy atom. The molecule has 2 atom stereocenters. The molecule has 0 aliphatic heterocycles. The smallest absolute Gasteiger partial charge is 0.0952 e. The van der Waals surface area contributed by atoms with Crippen molar-refractivity contribution in [3.63, 3.8) is 0 Å². The lowest BCUT2D eigenvalue weighted by molar-refractivity contribution is -0.00537. The van der Waals surface area contributed by atoms with Gasteiger partial charge >= 0.3 is 0 Å². The summed E-state index contributed by atoms with van der Waals surface area (Å²) in [6.07, 6.45) is 1.44. The first-order valence-corrected chi connectivity index (χ1v) is 7.46. The average molecular weight is 314 g/mol. The number of rotatable bonds is 7. The SMILES string of the molecule is CCC(C)OC(CNC(C)C)c1ccc(Br)cc1. The van der Waals surface area contributed by atoms with Crippen LogP contribution in [0.15, 0.2) is 28.7 Å². The number of nitrogens with one attached hydrogen (secondary N) is 1. The van der Waals surface area contributed by atoms with E-state index in [0.717, 1.165) is 17.4 Å². The van der Waals surface area contributed by atoms with Crippen molar-refractivity contribution >= 4 is 15.9 Å². The Balaban J connectivity index is 2.72. The molecule has 102 valence electrons. The van der Waals surface area contributed by atoms with Gasteiger partial charge in [0.15, 0.2) is 0 Å². The van der Waals surface area contributed by atoms with Gasteiger partial charge in [-0.1, -0.05) is 48.8 Å². The molecule has 2 unspecified atom stereocenters. The van der Waals surface area contributed by atoms with E-state index in [1.807, 2.05) is 0 Å². The van der Waals surface area contributed by atoms with Gasteiger partial charge in [0.1, 0.15) is 0 Å². The van der Waals surface area contributed by atoms with Crippen LogP contribution in [0.3, 0.4) is 0 Å². The van der Waals surface area contributed by atoms with Crippen LogP contribution >= 0.6 is 15.9 Å². The Kier molecular flexibility index (Phi) is 6.90. The van der Waals surface area contributed by atoms with E-state index >= 15 is 0 Å². The summed E-state index contributed by atoms with van der Waals surface area (Å²) in [4.78, 5) is 0. The second kappa shape index (κ2) is 7.93. The van der Waals surface area contributed by atoms with Crippen molar-refractivity contribution in [1.82, 2.24) is 5.32 Å². The molecule has 0 radical (unpaired) electrons. The molecule has 0 aliphatic rings. The van der Waals surface area contributed by atoms with Crippen LogP contribution in [0.2, 0.25) is 0 Å². The van der Waals surface area contributed by atoms with Crippen molar-refractivity contribution in [2.45, 2.75) is 52.4 Å². The first-order chi connectivity index (χ1) is 8.52. The minimum Gasteiger partial charge on any atom is -0.369 e. The summed E-state index contributed by atoms with van der Waals surface area (Å²) in [6.45, 7) is 9.44. The van der Waals surface area contributed by atoms with Gasteiger partial charge < -0.3 is 10.1 Å². The van der Waals surface area contributed by atoms with Gasteiger partial charge in [0.25, 0.3) is 0 Å². The topological polar surface area (TPSA) is 21.3 Å². The van der Waals surface area contributed by atoms with Crippen molar-refractivity contribution in [3.8, 4) is 0 Å². The van der Waals surface area contributed by atoms with E-state index in [9.17, 15) is 0 Å². The third kappa shape index (κ3) is 5.51. The number of hydrogen-bond acceptors (Lipinski definition) is 2. The highest BCUT2D eigenvalue weighted by atomic mass is 79.9. The second-order valence-corrected chi connectivity index (χ2v) is 5.87. The first kappa shape index (κ1) is 15.7. The minimum atomic E-state index is 0.121. The summed E-state index contributed by atoms with van der Waals surface area (Å²) in [5.41, 5.74) is 1.23. The molecule has 0 fully saturated rings. The Hall–Kier alpha value is -0.380. The fraction of sp³-hybridized carbons (Fsp3) is 0.600. The largest absolute Gasteiger partial charge is 0.369 e. The molecule has 0 saturated heterocycles. The molecule has 1 N–H and O–H groups in total.